The maximum Gasteiger partial charge on any atom is 0.239 e. The molecule has 1 aromatic rings. The molecule has 3 rings (SSSR count). The Balaban J connectivity index is 1.67. The van der Waals surface area contributed by atoms with E-state index in [1.807, 2.05) is 12.1 Å². The number of hydrogen-bond donors (Lipinski definition) is 2. The van der Waals surface area contributed by atoms with Gasteiger partial charge in [-0.05, 0) is 61.5 Å². The number of nitrogens with one attached hydrogen (secondary N) is 2. The summed E-state index contributed by atoms with van der Waals surface area (Å²) >= 11 is 5.78. The SMILES string of the molecule is COc1cc(CN(C(=S)NCC(=O)N[C@@H]2CCCC[C@H]2C)C2CCCC2)cc(OC)c1OC. The third kappa shape index (κ3) is 6.65. The lowest BCUT2D eigenvalue weighted by molar-refractivity contribution is -0.121. The average molecular weight is 478 g/mol. The van der Waals surface area contributed by atoms with E-state index in [1.165, 1.54) is 32.1 Å². The summed E-state index contributed by atoms with van der Waals surface area (Å²) in [5, 5.41) is 7.03. The Hall–Kier alpha value is -2.22. The molecule has 33 heavy (non-hydrogen) atoms. The van der Waals surface area contributed by atoms with Gasteiger partial charge in [-0.1, -0.05) is 32.6 Å². The molecule has 184 valence electrons. The van der Waals surface area contributed by atoms with E-state index in [1.54, 1.807) is 21.3 Å². The minimum atomic E-state index is 0.00950. The van der Waals surface area contributed by atoms with Crippen molar-refractivity contribution in [1.82, 2.24) is 15.5 Å². The standard InChI is InChI=1S/C25H39N3O4S/c1-17-9-5-8-12-20(17)27-23(29)15-26-25(33)28(19-10-6-7-11-19)16-18-13-21(30-2)24(32-4)22(14-18)31-3/h13-14,17,19-20H,5-12,15-16H2,1-4H3,(H,26,33)(H,27,29)/t17-,20-/m1/s1. The Morgan fingerprint density at radius 3 is 2.18 bits per heavy atom. The third-order valence-corrected chi connectivity index (χ3v) is 7.34. The summed E-state index contributed by atoms with van der Waals surface area (Å²) in [5.41, 5.74) is 1.01. The lowest BCUT2D eigenvalue weighted by Gasteiger charge is -2.33. The number of carbonyl (C=O) groups excluding carboxylic acids is 1. The zero-order valence-electron chi connectivity index (χ0n) is 20.4. The number of carbonyl (C=O) groups is 1. The van der Waals surface area contributed by atoms with E-state index in [4.69, 9.17) is 26.4 Å². The first kappa shape index (κ1) is 25.4. The fraction of sp³-hybridized carbons (Fsp3) is 0.680. The molecule has 0 bridgehead atoms. The molecule has 1 aromatic carbocycles. The van der Waals surface area contributed by atoms with Crippen LogP contribution in [0.1, 0.15) is 63.9 Å². The van der Waals surface area contributed by atoms with Gasteiger partial charge in [0, 0.05) is 18.6 Å². The van der Waals surface area contributed by atoms with Crippen LogP contribution in [0.2, 0.25) is 0 Å². The first-order valence-corrected chi connectivity index (χ1v) is 12.5. The molecule has 0 aromatic heterocycles. The molecule has 2 aliphatic rings. The molecule has 0 aliphatic heterocycles. The van der Waals surface area contributed by atoms with Crippen molar-refractivity contribution in [3.63, 3.8) is 0 Å². The first-order chi connectivity index (χ1) is 16.0. The Labute approximate surface area is 203 Å². The van der Waals surface area contributed by atoms with Crippen molar-refractivity contribution in [2.45, 2.75) is 76.9 Å². The van der Waals surface area contributed by atoms with Crippen molar-refractivity contribution in [3.8, 4) is 17.2 Å². The Morgan fingerprint density at radius 2 is 1.61 bits per heavy atom. The van der Waals surface area contributed by atoms with Crippen LogP contribution in [-0.2, 0) is 11.3 Å². The van der Waals surface area contributed by atoms with E-state index >= 15 is 0 Å². The molecule has 2 saturated carbocycles. The molecule has 0 saturated heterocycles. The molecular formula is C25H39N3O4S. The van der Waals surface area contributed by atoms with Gasteiger partial charge in [0.15, 0.2) is 16.6 Å². The van der Waals surface area contributed by atoms with Crippen LogP contribution < -0.4 is 24.8 Å². The van der Waals surface area contributed by atoms with Crippen molar-refractivity contribution in [1.29, 1.82) is 0 Å². The van der Waals surface area contributed by atoms with E-state index in [9.17, 15) is 4.79 Å². The van der Waals surface area contributed by atoms with Crippen molar-refractivity contribution in [2.75, 3.05) is 27.9 Å². The predicted molar refractivity (Wildman–Crippen MR) is 134 cm³/mol. The highest BCUT2D eigenvalue weighted by Gasteiger charge is 2.27. The summed E-state index contributed by atoms with van der Waals surface area (Å²) in [6.45, 7) is 3.02. The van der Waals surface area contributed by atoms with Gasteiger partial charge in [0.25, 0.3) is 0 Å². The molecule has 2 aliphatic carbocycles. The second kappa shape index (κ2) is 12.3. The molecular weight excluding hydrogens is 438 g/mol. The summed E-state index contributed by atoms with van der Waals surface area (Å²) in [6, 6.07) is 4.55. The third-order valence-electron chi connectivity index (χ3n) is 6.96. The highest BCUT2D eigenvalue weighted by molar-refractivity contribution is 7.80. The lowest BCUT2D eigenvalue weighted by atomic mass is 9.86. The van der Waals surface area contributed by atoms with Gasteiger partial charge in [-0.3, -0.25) is 4.79 Å². The zero-order valence-corrected chi connectivity index (χ0v) is 21.3. The number of hydrogen-bond acceptors (Lipinski definition) is 5. The van der Waals surface area contributed by atoms with Gasteiger partial charge in [-0.2, -0.15) is 0 Å². The molecule has 2 fully saturated rings. The van der Waals surface area contributed by atoms with Gasteiger partial charge in [-0.25, -0.2) is 0 Å². The van der Waals surface area contributed by atoms with Gasteiger partial charge < -0.3 is 29.7 Å². The van der Waals surface area contributed by atoms with E-state index in [0.717, 1.165) is 24.8 Å². The highest BCUT2D eigenvalue weighted by atomic mass is 32.1. The molecule has 0 heterocycles. The molecule has 0 unspecified atom stereocenters. The fourth-order valence-corrected chi connectivity index (χ4v) is 5.34. The molecule has 2 N–H and O–H groups in total. The van der Waals surface area contributed by atoms with E-state index in [0.29, 0.717) is 40.9 Å². The highest BCUT2D eigenvalue weighted by Crippen LogP contribution is 2.39. The van der Waals surface area contributed by atoms with Crippen LogP contribution in [-0.4, -0.2) is 55.9 Å². The number of nitrogens with zero attached hydrogens (tertiary/aromatic N) is 1. The molecule has 7 nitrogen and oxygen atoms in total. The summed E-state index contributed by atoms with van der Waals surface area (Å²) in [7, 11) is 4.84. The van der Waals surface area contributed by atoms with Crippen LogP contribution in [0.15, 0.2) is 12.1 Å². The minimum Gasteiger partial charge on any atom is -0.493 e. The topological polar surface area (TPSA) is 72.1 Å². The number of amides is 1. The van der Waals surface area contributed by atoms with Crippen LogP contribution in [0.4, 0.5) is 0 Å². The van der Waals surface area contributed by atoms with Gasteiger partial charge in [0.05, 0.1) is 27.9 Å². The molecule has 8 heteroatoms. The zero-order chi connectivity index (χ0) is 23.8. The molecule has 0 radical (unpaired) electrons. The maximum atomic E-state index is 12.6. The largest absolute Gasteiger partial charge is 0.493 e. The Bertz CT molecular complexity index is 788. The maximum absolute atomic E-state index is 12.6. The number of rotatable bonds is 9. The van der Waals surface area contributed by atoms with Gasteiger partial charge in [0.1, 0.15) is 0 Å². The van der Waals surface area contributed by atoms with Crippen LogP contribution >= 0.6 is 12.2 Å². The second-order valence-electron chi connectivity index (χ2n) is 9.19. The minimum absolute atomic E-state index is 0.00950. The summed E-state index contributed by atoms with van der Waals surface area (Å²) in [4.78, 5) is 14.8. The van der Waals surface area contributed by atoms with Crippen LogP contribution in [0.25, 0.3) is 0 Å². The van der Waals surface area contributed by atoms with E-state index in [2.05, 4.69) is 22.5 Å². The smallest absolute Gasteiger partial charge is 0.239 e. The van der Waals surface area contributed by atoms with E-state index < -0.39 is 0 Å². The Kier molecular flexibility index (Phi) is 9.47. The van der Waals surface area contributed by atoms with Crippen LogP contribution in [0.5, 0.6) is 17.2 Å². The summed E-state index contributed by atoms with van der Waals surface area (Å²) < 4.78 is 16.5. The van der Waals surface area contributed by atoms with Crippen molar-refractivity contribution < 1.29 is 19.0 Å². The van der Waals surface area contributed by atoms with Gasteiger partial charge in [-0.15, -0.1) is 0 Å². The number of methoxy groups -OCH3 is 3. The number of thiocarbonyl (C=S) groups is 1. The summed E-state index contributed by atoms with van der Waals surface area (Å²) in [6.07, 6.45) is 9.26. The quantitative estimate of drug-likeness (QED) is 0.521. The number of ether oxygens (including phenoxy) is 3. The van der Waals surface area contributed by atoms with Gasteiger partial charge in [0.2, 0.25) is 11.7 Å². The molecule has 2 atom stereocenters. The van der Waals surface area contributed by atoms with Crippen molar-refractivity contribution in [2.24, 2.45) is 5.92 Å². The van der Waals surface area contributed by atoms with Gasteiger partial charge >= 0.3 is 0 Å². The van der Waals surface area contributed by atoms with Crippen molar-refractivity contribution >= 4 is 23.2 Å². The number of benzene rings is 1. The monoisotopic (exact) mass is 477 g/mol. The lowest BCUT2D eigenvalue weighted by Crippen LogP contribution is -2.49. The normalized spacial score (nSPS) is 20.7. The van der Waals surface area contributed by atoms with Crippen molar-refractivity contribution in [3.05, 3.63) is 17.7 Å². The summed E-state index contributed by atoms with van der Waals surface area (Å²) in [5.74, 6) is 2.36. The second-order valence-corrected chi connectivity index (χ2v) is 9.58. The molecule has 1 amide bonds. The first-order valence-electron chi connectivity index (χ1n) is 12.1. The molecule has 0 spiro atoms. The fourth-order valence-electron chi connectivity index (χ4n) is 5.05. The predicted octanol–water partition coefficient (Wildman–Crippen LogP) is 4.03. The average Bonchev–Trinajstić information content (AvgIpc) is 3.36. The van der Waals surface area contributed by atoms with E-state index in [-0.39, 0.29) is 18.5 Å². The van der Waals surface area contributed by atoms with Crippen LogP contribution in [0, 0.1) is 5.92 Å². The Morgan fingerprint density at radius 1 is 1.00 bits per heavy atom. The van der Waals surface area contributed by atoms with Crippen LogP contribution in [0.3, 0.4) is 0 Å².